The lowest BCUT2D eigenvalue weighted by molar-refractivity contribution is -0.119. The Morgan fingerprint density at radius 3 is 2.44 bits per heavy atom. The Kier molecular flexibility index (Phi) is 2.88. The number of primary amides is 1. The Hall–Kier alpha value is -4.14. The van der Waals surface area contributed by atoms with Crippen LogP contribution in [0.3, 0.4) is 0 Å². The van der Waals surface area contributed by atoms with E-state index in [9.17, 15) is 14.4 Å². The molecule has 1 fully saturated rings. The molecule has 3 heterocycles. The lowest BCUT2D eigenvalue weighted by Gasteiger charge is -2.29. The molecule has 2 aromatic carbocycles. The molecule has 9 nitrogen and oxygen atoms in total. The smallest absolute Gasteiger partial charge is 0.277 e. The van der Waals surface area contributed by atoms with Crippen LogP contribution in [0.4, 0.5) is 11.4 Å². The van der Waals surface area contributed by atoms with Crippen LogP contribution in [0.5, 0.6) is 5.75 Å². The predicted molar refractivity (Wildman–Crippen MR) is 127 cm³/mol. The summed E-state index contributed by atoms with van der Waals surface area (Å²) in [5, 5.41) is 4.09. The molecule has 2 aliphatic rings. The highest BCUT2D eigenvalue weighted by molar-refractivity contribution is 6.09. The first-order chi connectivity index (χ1) is 21.5. The second kappa shape index (κ2) is 8.66. The summed E-state index contributed by atoms with van der Waals surface area (Å²) in [6.07, 6.45) is -4.38. The molecular formula is C25H25N5O4. The van der Waals surface area contributed by atoms with Crippen molar-refractivity contribution in [2.45, 2.75) is 25.6 Å². The molecule has 2 N–H and O–H groups in total. The summed E-state index contributed by atoms with van der Waals surface area (Å²) in [5.41, 5.74) is 2.64. The van der Waals surface area contributed by atoms with E-state index in [1.165, 1.54) is 24.3 Å². The van der Waals surface area contributed by atoms with Gasteiger partial charge in [-0.3, -0.25) is 14.4 Å². The fourth-order valence-corrected chi connectivity index (χ4v) is 3.59. The molecule has 2 aliphatic heterocycles. The first kappa shape index (κ1) is 11.3. The molecule has 9 heteroatoms. The largest absolute Gasteiger partial charge is 0.497 e. The maximum absolute atomic E-state index is 14.2. The van der Waals surface area contributed by atoms with E-state index in [1.807, 2.05) is 0 Å². The Labute approximate surface area is 215 Å². The molecule has 0 saturated carbocycles. The number of methoxy groups -OCH3 is 1. The van der Waals surface area contributed by atoms with Gasteiger partial charge in [-0.25, -0.2) is 4.68 Å². The summed E-state index contributed by atoms with van der Waals surface area (Å²) in [4.78, 5) is 40.1. The van der Waals surface area contributed by atoms with Gasteiger partial charge in [0.15, 0.2) is 5.69 Å². The number of aromatic nitrogens is 2. The third-order valence-corrected chi connectivity index (χ3v) is 5.16. The number of fused-ring (bicyclic) bond motifs is 1. The molecule has 174 valence electrons. The van der Waals surface area contributed by atoms with Crippen LogP contribution in [-0.2, 0) is 11.2 Å². The average molecular weight is 473 g/mol. The van der Waals surface area contributed by atoms with Gasteiger partial charge in [0, 0.05) is 41.8 Å². The molecule has 1 saturated heterocycles. The van der Waals surface area contributed by atoms with Crippen molar-refractivity contribution >= 4 is 29.1 Å². The number of rotatable bonds is 5. The van der Waals surface area contributed by atoms with Crippen LogP contribution < -0.4 is 20.3 Å². The average Bonchev–Trinajstić information content (AvgIpc) is 3.32. The minimum absolute atomic E-state index is 0.0671. The van der Waals surface area contributed by atoms with Crippen molar-refractivity contribution in [1.82, 2.24) is 9.78 Å². The SMILES string of the molecule is [2H]c1c([2H])c(N2C(=O)C([2H])([2H])CCC2([2H])[2H])c([2H])c([2H])c1N1C(=O)c2c(c(C(N)=O)nn2-c2ccc(OC([2H])([2H])[2H])cc2)CC1([2H])[2H]. The lowest BCUT2D eigenvalue weighted by Crippen LogP contribution is -2.39. The first-order valence-electron chi connectivity index (χ1n) is 16.5. The number of piperidine rings is 1. The monoisotopic (exact) mass is 472 g/mol. The van der Waals surface area contributed by atoms with Crippen molar-refractivity contribution in [3.05, 3.63) is 65.4 Å². The van der Waals surface area contributed by atoms with E-state index in [1.54, 1.807) is 0 Å². The molecule has 1 aromatic heterocycles. The third kappa shape index (κ3) is 3.68. The Balaban J connectivity index is 1.69. The number of nitrogens with two attached hydrogens (primary N) is 1. The molecule has 0 bridgehead atoms. The topological polar surface area (TPSA) is 111 Å². The second-order valence-electron chi connectivity index (χ2n) is 7.20. The van der Waals surface area contributed by atoms with E-state index >= 15 is 0 Å². The van der Waals surface area contributed by atoms with Gasteiger partial charge in [0.1, 0.15) is 11.4 Å². The molecule has 0 radical (unpaired) electrons. The van der Waals surface area contributed by atoms with E-state index in [2.05, 4.69) is 5.10 Å². The van der Waals surface area contributed by atoms with Gasteiger partial charge in [-0.2, -0.15) is 5.10 Å². The summed E-state index contributed by atoms with van der Waals surface area (Å²) in [7, 11) is -2.77. The number of hydrogen-bond donors (Lipinski definition) is 1. The number of benzene rings is 2. The molecule has 3 aromatic rings. The van der Waals surface area contributed by atoms with Crippen molar-refractivity contribution in [3.8, 4) is 11.4 Å². The minimum atomic E-state index is -2.82. The summed E-state index contributed by atoms with van der Waals surface area (Å²) in [6.45, 7) is -5.43. The maximum Gasteiger partial charge on any atom is 0.277 e. The highest BCUT2D eigenvalue weighted by Crippen LogP contribution is 2.31. The van der Waals surface area contributed by atoms with Crippen molar-refractivity contribution in [1.29, 1.82) is 0 Å². The van der Waals surface area contributed by atoms with E-state index in [0.29, 0.717) is 4.90 Å². The van der Waals surface area contributed by atoms with Gasteiger partial charge in [0.05, 0.1) is 25.1 Å². The molecule has 5 rings (SSSR count). The van der Waals surface area contributed by atoms with Gasteiger partial charge >= 0.3 is 0 Å². The normalized spacial score (nSPS) is 26.3. The fourth-order valence-electron chi connectivity index (χ4n) is 3.59. The van der Waals surface area contributed by atoms with Crippen LogP contribution in [0.1, 0.15) is 63.6 Å². The van der Waals surface area contributed by atoms with Gasteiger partial charge in [-0.05, 0) is 67.7 Å². The van der Waals surface area contributed by atoms with Crippen molar-refractivity contribution in [2.24, 2.45) is 5.73 Å². The highest BCUT2D eigenvalue weighted by Gasteiger charge is 2.34. The molecule has 3 amide bonds. The van der Waals surface area contributed by atoms with Gasteiger partial charge < -0.3 is 20.3 Å². The zero-order chi connectivity index (χ0) is 35.2. The van der Waals surface area contributed by atoms with E-state index in [0.717, 1.165) is 4.68 Å². The molecular weight excluding hydrogens is 434 g/mol. The number of carbonyl (C=O) groups is 3. The van der Waals surface area contributed by atoms with Crippen LogP contribution >= 0.6 is 0 Å². The summed E-state index contributed by atoms with van der Waals surface area (Å²) < 4.78 is 112. The van der Waals surface area contributed by atoms with Crippen molar-refractivity contribution < 1.29 is 36.9 Å². The third-order valence-electron chi connectivity index (χ3n) is 5.16. The fraction of sp³-hybridized carbons (Fsp3) is 0.280. The number of hydrogen-bond acceptors (Lipinski definition) is 5. The van der Waals surface area contributed by atoms with Crippen LogP contribution in [0, 0.1) is 0 Å². The zero-order valence-electron chi connectivity index (χ0n) is 30.4. The van der Waals surface area contributed by atoms with Crippen molar-refractivity contribution in [3.63, 3.8) is 0 Å². The number of anilines is 2. The summed E-state index contributed by atoms with van der Waals surface area (Å²) >= 11 is 0. The van der Waals surface area contributed by atoms with Gasteiger partial charge in [-0.15, -0.1) is 0 Å². The summed E-state index contributed by atoms with van der Waals surface area (Å²) in [6, 6.07) is 0.873. The Morgan fingerprint density at radius 1 is 1.06 bits per heavy atom. The first-order valence-corrected chi connectivity index (χ1v) is 10.0. The van der Waals surface area contributed by atoms with Gasteiger partial charge in [-0.1, -0.05) is 0 Å². The Morgan fingerprint density at radius 2 is 1.76 bits per heavy atom. The van der Waals surface area contributed by atoms with Gasteiger partial charge in [0.25, 0.3) is 11.8 Å². The molecule has 34 heavy (non-hydrogen) atoms. The number of carbonyl (C=O) groups excluding carboxylic acids is 3. The number of nitrogens with zero attached hydrogens (tertiary/aromatic N) is 4. The van der Waals surface area contributed by atoms with E-state index < -0.39 is 110 Å². The van der Waals surface area contributed by atoms with Crippen LogP contribution in [0.15, 0.2) is 48.4 Å². The zero-order valence-corrected chi connectivity index (χ0v) is 17.4. The molecule has 0 aliphatic carbocycles. The number of ether oxygens (including phenoxy) is 1. The van der Waals surface area contributed by atoms with E-state index in [4.69, 9.17) is 28.3 Å². The van der Waals surface area contributed by atoms with Crippen molar-refractivity contribution in [2.75, 3.05) is 29.8 Å². The quantitative estimate of drug-likeness (QED) is 0.614. The summed E-state index contributed by atoms with van der Waals surface area (Å²) in [5.74, 6) is -3.90. The molecule has 0 spiro atoms. The second-order valence-corrected chi connectivity index (χ2v) is 7.20. The molecule has 0 unspecified atom stereocenters. The lowest BCUT2D eigenvalue weighted by atomic mass is 10.0. The van der Waals surface area contributed by atoms with Crippen LogP contribution in [0.2, 0.25) is 0 Å². The Bertz CT molecular complexity index is 1810. The van der Waals surface area contributed by atoms with Crippen LogP contribution in [0.25, 0.3) is 5.69 Å². The standard InChI is InChI=1S/C25H25N5O4/c1-34-19-11-9-18(10-12-19)30-23-20(22(27-30)24(26)32)13-15-29(25(23)33)17-7-5-16(6-8-17)28-14-3-2-4-21(28)31/h5-12H,2-4,13-15H2,1H3,(H2,26,32)/i1D3,4D2,5D,6D,7D,8D,14D2,15D2. The molecule has 0 atom stereocenters. The minimum Gasteiger partial charge on any atom is -0.497 e. The van der Waals surface area contributed by atoms with Gasteiger partial charge in [0.2, 0.25) is 5.91 Å². The number of amides is 3. The highest BCUT2D eigenvalue weighted by atomic mass is 16.5. The van der Waals surface area contributed by atoms with Crippen LogP contribution in [-0.4, -0.2) is 47.5 Å². The maximum atomic E-state index is 14.2. The predicted octanol–water partition coefficient (Wildman–Crippen LogP) is 2.70. The van der Waals surface area contributed by atoms with E-state index in [-0.39, 0.29) is 21.9 Å².